The van der Waals surface area contributed by atoms with E-state index in [1.54, 1.807) is 0 Å². The molecular weight excluding hydrogens is 240 g/mol. The monoisotopic (exact) mass is 258 g/mol. The molecule has 1 unspecified atom stereocenters. The lowest BCUT2D eigenvalue weighted by Gasteiger charge is -2.22. The van der Waals surface area contributed by atoms with E-state index in [9.17, 15) is 8.42 Å². The van der Waals surface area contributed by atoms with Crippen molar-refractivity contribution in [3.05, 3.63) is 11.6 Å². The molecule has 1 aromatic rings. The first-order valence-electron chi connectivity index (χ1n) is 5.81. The molecule has 0 aromatic carbocycles. The molecule has 0 radical (unpaired) electrons. The molecule has 0 spiro atoms. The summed E-state index contributed by atoms with van der Waals surface area (Å²) in [5, 5.41) is 10.2. The smallest absolute Gasteiger partial charge is 0.153 e. The molecule has 2 rings (SSSR count). The maximum Gasteiger partial charge on any atom is 0.153 e. The average Bonchev–Trinajstić information content (AvgIpc) is 2.64. The van der Waals surface area contributed by atoms with Crippen LogP contribution in [0.15, 0.2) is 0 Å². The highest BCUT2D eigenvalue weighted by atomic mass is 32.2. The number of hydrogen-bond acceptors (Lipinski definition) is 5. The third kappa shape index (κ3) is 3.26. The van der Waals surface area contributed by atoms with Crippen molar-refractivity contribution in [1.29, 1.82) is 0 Å². The number of rotatable bonds is 3. The Hall–Kier alpha value is -0.950. The van der Waals surface area contributed by atoms with Crippen LogP contribution in [0.2, 0.25) is 0 Å². The number of H-pyrrole nitrogens is 1. The summed E-state index contributed by atoms with van der Waals surface area (Å²) in [7, 11) is -2.89. The van der Waals surface area contributed by atoms with Crippen molar-refractivity contribution in [2.75, 3.05) is 18.1 Å². The lowest BCUT2D eigenvalue weighted by Crippen LogP contribution is -2.46. The van der Waals surface area contributed by atoms with Crippen LogP contribution < -0.4 is 5.32 Å². The third-order valence-electron chi connectivity index (χ3n) is 2.81. The maximum absolute atomic E-state index is 11.5. The highest BCUT2D eigenvalue weighted by Crippen LogP contribution is 2.10. The van der Waals surface area contributed by atoms with E-state index in [1.165, 1.54) is 0 Å². The molecule has 96 valence electrons. The molecule has 2 heterocycles. The van der Waals surface area contributed by atoms with Crippen molar-refractivity contribution in [2.45, 2.75) is 32.2 Å². The number of aromatic nitrogens is 3. The van der Waals surface area contributed by atoms with Crippen LogP contribution in [0.4, 0.5) is 0 Å². The molecule has 1 aliphatic rings. The molecule has 1 fully saturated rings. The average molecular weight is 258 g/mol. The standard InChI is InChI=1S/C10H18N4O2S/c1-7(2)10-12-9(13-14-10)5-8-6-17(15,16)4-3-11-8/h7-8,11H,3-6H2,1-2H3,(H,12,13,14). The summed E-state index contributed by atoms with van der Waals surface area (Å²) in [5.74, 6) is 2.23. The Morgan fingerprint density at radius 1 is 1.47 bits per heavy atom. The van der Waals surface area contributed by atoms with Crippen molar-refractivity contribution in [1.82, 2.24) is 20.5 Å². The van der Waals surface area contributed by atoms with Gasteiger partial charge in [0.25, 0.3) is 0 Å². The topological polar surface area (TPSA) is 87.7 Å². The second-order valence-electron chi connectivity index (χ2n) is 4.76. The van der Waals surface area contributed by atoms with Gasteiger partial charge in [0.15, 0.2) is 15.7 Å². The molecule has 1 saturated heterocycles. The molecule has 1 aliphatic heterocycles. The number of nitrogens with one attached hydrogen (secondary N) is 2. The highest BCUT2D eigenvalue weighted by Gasteiger charge is 2.25. The fourth-order valence-electron chi connectivity index (χ4n) is 1.89. The van der Waals surface area contributed by atoms with E-state index < -0.39 is 9.84 Å². The molecule has 0 bridgehead atoms. The molecule has 7 heteroatoms. The summed E-state index contributed by atoms with van der Waals surface area (Å²) in [5.41, 5.74) is 0. The van der Waals surface area contributed by atoms with Crippen LogP contribution in [0, 0.1) is 0 Å². The van der Waals surface area contributed by atoms with Gasteiger partial charge >= 0.3 is 0 Å². The third-order valence-corrected chi connectivity index (χ3v) is 4.54. The van der Waals surface area contributed by atoms with Crippen molar-refractivity contribution in [3.8, 4) is 0 Å². The summed E-state index contributed by atoms with van der Waals surface area (Å²) in [4.78, 5) is 4.35. The van der Waals surface area contributed by atoms with Crippen LogP contribution in [-0.4, -0.2) is 47.7 Å². The number of aromatic amines is 1. The lowest BCUT2D eigenvalue weighted by atomic mass is 10.2. The van der Waals surface area contributed by atoms with Crippen LogP contribution in [0.3, 0.4) is 0 Å². The minimum Gasteiger partial charge on any atom is -0.312 e. The summed E-state index contributed by atoms with van der Waals surface area (Å²) in [6.07, 6.45) is 0.582. The first-order chi connectivity index (χ1) is 7.96. The van der Waals surface area contributed by atoms with Gasteiger partial charge in [-0.3, -0.25) is 5.10 Å². The number of hydrogen-bond donors (Lipinski definition) is 2. The molecule has 1 aromatic heterocycles. The Labute approximate surface area is 101 Å². The summed E-state index contributed by atoms with van der Waals surface area (Å²) < 4.78 is 23.0. The number of nitrogens with zero attached hydrogens (tertiary/aromatic N) is 2. The lowest BCUT2D eigenvalue weighted by molar-refractivity contribution is 0.509. The maximum atomic E-state index is 11.5. The SMILES string of the molecule is CC(C)c1n[nH]c(CC2CS(=O)(=O)CCN2)n1. The zero-order valence-corrected chi connectivity index (χ0v) is 10.9. The van der Waals surface area contributed by atoms with Gasteiger partial charge in [-0.25, -0.2) is 13.4 Å². The minimum atomic E-state index is -2.89. The summed E-state index contributed by atoms with van der Waals surface area (Å²) in [6, 6.07) is -0.0540. The molecule has 2 N–H and O–H groups in total. The zero-order chi connectivity index (χ0) is 12.5. The van der Waals surface area contributed by atoms with Crippen LogP contribution in [0.1, 0.15) is 31.4 Å². The van der Waals surface area contributed by atoms with E-state index in [0.717, 1.165) is 11.6 Å². The molecule has 0 aliphatic carbocycles. The van der Waals surface area contributed by atoms with Crippen molar-refractivity contribution in [2.24, 2.45) is 0 Å². The van der Waals surface area contributed by atoms with Gasteiger partial charge in [-0.05, 0) is 0 Å². The van der Waals surface area contributed by atoms with Gasteiger partial charge in [0.05, 0.1) is 11.5 Å². The normalized spacial score (nSPS) is 24.1. The molecule has 17 heavy (non-hydrogen) atoms. The predicted octanol–water partition coefficient (Wildman–Crippen LogP) is -0.143. The van der Waals surface area contributed by atoms with E-state index in [0.29, 0.717) is 13.0 Å². The first-order valence-corrected chi connectivity index (χ1v) is 7.63. The van der Waals surface area contributed by atoms with Gasteiger partial charge in [0, 0.05) is 24.9 Å². The van der Waals surface area contributed by atoms with Gasteiger partial charge in [-0.15, -0.1) is 0 Å². The zero-order valence-electron chi connectivity index (χ0n) is 10.1. The Balaban J connectivity index is 2.00. The van der Waals surface area contributed by atoms with Crippen LogP contribution in [0.5, 0.6) is 0 Å². The van der Waals surface area contributed by atoms with Gasteiger partial charge in [-0.2, -0.15) is 5.10 Å². The van der Waals surface area contributed by atoms with Gasteiger partial charge in [-0.1, -0.05) is 13.8 Å². The molecule has 1 atom stereocenters. The first kappa shape index (κ1) is 12.5. The second kappa shape index (κ2) is 4.73. The van der Waals surface area contributed by atoms with Crippen molar-refractivity contribution in [3.63, 3.8) is 0 Å². The highest BCUT2D eigenvalue weighted by molar-refractivity contribution is 7.91. The van der Waals surface area contributed by atoms with Gasteiger partial charge in [0.1, 0.15) is 5.82 Å². The Bertz CT molecular complexity index is 480. The quantitative estimate of drug-likeness (QED) is 0.787. The molecule has 0 saturated carbocycles. The Morgan fingerprint density at radius 2 is 2.24 bits per heavy atom. The Morgan fingerprint density at radius 3 is 2.82 bits per heavy atom. The Kier molecular flexibility index (Phi) is 3.48. The predicted molar refractivity (Wildman–Crippen MR) is 64.6 cm³/mol. The van der Waals surface area contributed by atoms with Crippen LogP contribution in [-0.2, 0) is 16.3 Å². The van der Waals surface area contributed by atoms with E-state index >= 15 is 0 Å². The van der Waals surface area contributed by atoms with Crippen molar-refractivity contribution < 1.29 is 8.42 Å². The summed E-state index contributed by atoms with van der Waals surface area (Å²) in [6.45, 7) is 4.57. The minimum absolute atomic E-state index is 0.0540. The van der Waals surface area contributed by atoms with Gasteiger partial charge < -0.3 is 5.32 Å². The van der Waals surface area contributed by atoms with Gasteiger partial charge in [0.2, 0.25) is 0 Å². The molecular formula is C10H18N4O2S. The van der Waals surface area contributed by atoms with E-state index in [1.807, 2.05) is 13.8 Å². The van der Waals surface area contributed by atoms with Crippen molar-refractivity contribution >= 4 is 9.84 Å². The fourth-order valence-corrected chi connectivity index (χ4v) is 3.34. The second-order valence-corrected chi connectivity index (χ2v) is 6.99. The molecule has 0 amide bonds. The largest absolute Gasteiger partial charge is 0.312 e. The van der Waals surface area contributed by atoms with E-state index in [4.69, 9.17) is 0 Å². The molecule has 6 nitrogen and oxygen atoms in total. The van der Waals surface area contributed by atoms with Crippen LogP contribution in [0.25, 0.3) is 0 Å². The number of sulfone groups is 1. The fraction of sp³-hybridized carbons (Fsp3) is 0.800. The van der Waals surface area contributed by atoms with Crippen LogP contribution >= 0.6 is 0 Å². The van der Waals surface area contributed by atoms with E-state index in [-0.39, 0.29) is 23.5 Å². The van der Waals surface area contributed by atoms with E-state index in [2.05, 4.69) is 20.5 Å². The summed E-state index contributed by atoms with van der Waals surface area (Å²) >= 11 is 0.